The average Bonchev–Trinajstić information content (AvgIpc) is 2.36. The van der Waals surface area contributed by atoms with E-state index in [0.29, 0.717) is 19.6 Å². The third-order valence-corrected chi connectivity index (χ3v) is 2.53. The molecule has 100 valence electrons. The first-order valence-electron chi connectivity index (χ1n) is 5.83. The average molecular weight is 254 g/mol. The van der Waals surface area contributed by atoms with Gasteiger partial charge in [-0.05, 0) is 19.4 Å². The largest absolute Gasteiger partial charge is 0.487 e. The zero-order chi connectivity index (χ0) is 13.5. The van der Waals surface area contributed by atoms with Crippen LogP contribution in [0.2, 0.25) is 0 Å². The molecule has 0 aliphatic heterocycles. The Balaban J connectivity index is 2.95. The van der Waals surface area contributed by atoms with Crippen LogP contribution in [-0.4, -0.2) is 36.8 Å². The molecule has 1 N–H and O–H groups in total. The summed E-state index contributed by atoms with van der Waals surface area (Å²) in [6.45, 7) is 2.96. The number of nitro benzene ring substituents is 1. The predicted octanol–water partition coefficient (Wildman–Crippen LogP) is 1.81. The van der Waals surface area contributed by atoms with Crippen molar-refractivity contribution in [1.29, 1.82) is 0 Å². The second-order valence-corrected chi connectivity index (χ2v) is 3.84. The molecule has 0 radical (unpaired) electrons. The summed E-state index contributed by atoms with van der Waals surface area (Å²) < 4.78 is 5.28. The second-order valence-electron chi connectivity index (χ2n) is 3.84. The number of benzene rings is 1. The summed E-state index contributed by atoms with van der Waals surface area (Å²) in [6.07, 6.45) is 0.650. The van der Waals surface area contributed by atoms with Crippen LogP contribution in [0, 0.1) is 10.1 Å². The maximum atomic E-state index is 10.8. The summed E-state index contributed by atoms with van der Waals surface area (Å²) in [6, 6.07) is 4.77. The monoisotopic (exact) mass is 254 g/mol. The molecule has 0 atom stereocenters. The van der Waals surface area contributed by atoms with Crippen molar-refractivity contribution >= 4 is 11.4 Å². The number of nitro groups is 1. The fourth-order valence-corrected chi connectivity index (χ4v) is 1.60. The zero-order valence-electron chi connectivity index (χ0n) is 10.6. The van der Waals surface area contributed by atoms with Crippen LogP contribution in [0.3, 0.4) is 0 Å². The molecule has 0 fully saturated rings. The van der Waals surface area contributed by atoms with Crippen molar-refractivity contribution in [1.82, 2.24) is 0 Å². The minimum Gasteiger partial charge on any atom is -0.487 e. The van der Waals surface area contributed by atoms with Crippen LogP contribution < -0.4 is 9.64 Å². The summed E-state index contributed by atoms with van der Waals surface area (Å²) in [4.78, 5) is 12.3. The van der Waals surface area contributed by atoms with Gasteiger partial charge in [-0.3, -0.25) is 10.1 Å². The molecule has 1 rings (SSSR count). The smallest absolute Gasteiger partial charge is 0.311 e. The number of rotatable bonds is 7. The lowest BCUT2D eigenvalue weighted by Crippen LogP contribution is -2.19. The molecule has 0 unspecified atom stereocenters. The lowest BCUT2D eigenvalue weighted by Gasteiger charge is -2.19. The molecule has 0 aliphatic carbocycles. The number of aliphatic hydroxyl groups is 1. The number of nitrogens with zero attached hydrogens (tertiary/aromatic N) is 2. The van der Waals surface area contributed by atoms with Gasteiger partial charge in [0.25, 0.3) is 0 Å². The quantitative estimate of drug-likeness (QED) is 0.593. The maximum Gasteiger partial charge on any atom is 0.311 e. The first kappa shape index (κ1) is 14.2. The van der Waals surface area contributed by atoms with E-state index in [0.717, 1.165) is 5.69 Å². The van der Waals surface area contributed by atoms with Gasteiger partial charge in [0.05, 0.1) is 11.5 Å². The van der Waals surface area contributed by atoms with Crippen LogP contribution in [0.1, 0.15) is 13.3 Å². The van der Waals surface area contributed by atoms with Gasteiger partial charge < -0.3 is 14.7 Å². The van der Waals surface area contributed by atoms with Crippen molar-refractivity contribution in [3.05, 3.63) is 28.3 Å². The van der Waals surface area contributed by atoms with E-state index in [4.69, 9.17) is 9.84 Å². The normalized spacial score (nSPS) is 10.2. The SMILES string of the molecule is CCOc1cc(N(C)CCCO)ccc1[N+](=O)[O-]. The molecule has 0 heterocycles. The highest BCUT2D eigenvalue weighted by Gasteiger charge is 2.16. The van der Waals surface area contributed by atoms with Crippen molar-refractivity contribution in [2.75, 3.05) is 31.7 Å². The Kier molecular flexibility index (Phi) is 5.38. The number of anilines is 1. The predicted molar refractivity (Wildman–Crippen MR) is 69.2 cm³/mol. The van der Waals surface area contributed by atoms with Gasteiger partial charge in [0.2, 0.25) is 0 Å². The third kappa shape index (κ3) is 3.59. The van der Waals surface area contributed by atoms with Crippen molar-refractivity contribution < 1.29 is 14.8 Å². The van der Waals surface area contributed by atoms with Crippen LogP contribution in [0.25, 0.3) is 0 Å². The highest BCUT2D eigenvalue weighted by atomic mass is 16.6. The van der Waals surface area contributed by atoms with E-state index in [1.807, 2.05) is 11.9 Å². The van der Waals surface area contributed by atoms with Crippen molar-refractivity contribution in [2.24, 2.45) is 0 Å². The van der Waals surface area contributed by atoms with E-state index in [9.17, 15) is 10.1 Å². The molecule has 6 heteroatoms. The van der Waals surface area contributed by atoms with E-state index in [1.54, 1.807) is 19.1 Å². The molecule has 0 bridgehead atoms. The van der Waals surface area contributed by atoms with Crippen molar-refractivity contribution in [3.8, 4) is 5.75 Å². The van der Waals surface area contributed by atoms with E-state index < -0.39 is 4.92 Å². The summed E-state index contributed by atoms with van der Waals surface area (Å²) in [7, 11) is 1.87. The fraction of sp³-hybridized carbons (Fsp3) is 0.500. The first-order valence-corrected chi connectivity index (χ1v) is 5.83. The van der Waals surface area contributed by atoms with E-state index in [2.05, 4.69) is 0 Å². The lowest BCUT2D eigenvalue weighted by molar-refractivity contribution is -0.385. The maximum absolute atomic E-state index is 10.8. The van der Waals surface area contributed by atoms with Gasteiger partial charge in [-0.15, -0.1) is 0 Å². The van der Waals surface area contributed by atoms with Crippen molar-refractivity contribution in [2.45, 2.75) is 13.3 Å². The van der Waals surface area contributed by atoms with Crippen LogP contribution in [0.15, 0.2) is 18.2 Å². The van der Waals surface area contributed by atoms with Crippen LogP contribution in [0.5, 0.6) is 5.75 Å². The van der Waals surface area contributed by atoms with Crippen LogP contribution >= 0.6 is 0 Å². The van der Waals surface area contributed by atoms with Crippen LogP contribution in [-0.2, 0) is 0 Å². The molecule has 0 spiro atoms. The van der Waals surface area contributed by atoms with E-state index >= 15 is 0 Å². The number of aliphatic hydroxyl groups excluding tert-OH is 1. The Hall–Kier alpha value is -1.82. The number of hydrogen-bond acceptors (Lipinski definition) is 5. The highest BCUT2D eigenvalue weighted by Crippen LogP contribution is 2.31. The number of hydrogen-bond donors (Lipinski definition) is 1. The molecule has 0 amide bonds. The molecule has 0 aromatic heterocycles. The minimum absolute atomic E-state index is 0.0313. The van der Waals surface area contributed by atoms with Gasteiger partial charge >= 0.3 is 5.69 Å². The Morgan fingerprint density at radius 3 is 2.78 bits per heavy atom. The molecule has 18 heavy (non-hydrogen) atoms. The molecule has 0 saturated heterocycles. The first-order chi connectivity index (χ1) is 8.60. The molecule has 0 saturated carbocycles. The van der Waals surface area contributed by atoms with Gasteiger partial charge in [-0.2, -0.15) is 0 Å². The summed E-state index contributed by atoms with van der Waals surface area (Å²) >= 11 is 0. The van der Waals surface area contributed by atoms with Crippen LogP contribution in [0.4, 0.5) is 11.4 Å². The Labute approximate surface area is 106 Å². The fourth-order valence-electron chi connectivity index (χ4n) is 1.60. The van der Waals surface area contributed by atoms with Crippen molar-refractivity contribution in [3.63, 3.8) is 0 Å². The topological polar surface area (TPSA) is 75.8 Å². The molecule has 0 aliphatic rings. The summed E-state index contributed by atoms with van der Waals surface area (Å²) in [5, 5.41) is 19.6. The molecular formula is C12H18N2O4. The highest BCUT2D eigenvalue weighted by molar-refractivity contribution is 5.59. The Morgan fingerprint density at radius 2 is 2.22 bits per heavy atom. The standard InChI is InChI=1S/C12H18N2O4/c1-3-18-12-9-10(13(2)7-4-8-15)5-6-11(12)14(16)17/h5-6,9,15H,3-4,7-8H2,1-2H3. The van der Waals surface area contributed by atoms with E-state index in [1.165, 1.54) is 6.07 Å². The van der Waals surface area contributed by atoms with Gasteiger partial charge in [0, 0.05) is 38.0 Å². The lowest BCUT2D eigenvalue weighted by atomic mass is 10.2. The van der Waals surface area contributed by atoms with Gasteiger partial charge in [-0.1, -0.05) is 0 Å². The Morgan fingerprint density at radius 1 is 1.50 bits per heavy atom. The third-order valence-electron chi connectivity index (χ3n) is 2.53. The summed E-state index contributed by atoms with van der Waals surface area (Å²) in [5.41, 5.74) is 0.800. The van der Waals surface area contributed by atoms with E-state index in [-0.39, 0.29) is 18.0 Å². The summed E-state index contributed by atoms with van der Waals surface area (Å²) in [5.74, 6) is 0.274. The van der Waals surface area contributed by atoms with Gasteiger partial charge in [0.15, 0.2) is 5.75 Å². The Bertz CT molecular complexity index is 409. The minimum atomic E-state index is -0.456. The second kappa shape index (κ2) is 6.80. The molecule has 1 aromatic carbocycles. The number of ether oxygens (including phenoxy) is 1. The molecule has 1 aromatic rings. The molecular weight excluding hydrogens is 236 g/mol. The zero-order valence-corrected chi connectivity index (χ0v) is 10.6. The van der Waals surface area contributed by atoms with Gasteiger partial charge in [-0.25, -0.2) is 0 Å². The molecule has 6 nitrogen and oxygen atoms in total. The van der Waals surface area contributed by atoms with Gasteiger partial charge in [0.1, 0.15) is 0 Å².